The van der Waals surface area contributed by atoms with Gasteiger partial charge >= 0.3 is 0 Å². The van der Waals surface area contributed by atoms with Gasteiger partial charge < -0.3 is 15.2 Å². The Morgan fingerprint density at radius 1 is 1.33 bits per heavy atom. The van der Waals surface area contributed by atoms with Crippen LogP contribution in [-0.4, -0.2) is 35.1 Å². The van der Waals surface area contributed by atoms with Gasteiger partial charge in [-0.3, -0.25) is 9.79 Å². The third-order valence-electron chi connectivity index (χ3n) is 4.26. The highest BCUT2D eigenvalue weighted by atomic mass is 79.9. The molecule has 0 saturated carbocycles. The number of thiazole rings is 1. The fourth-order valence-electron chi connectivity index (χ4n) is 2.90. The number of phenols is 1. The molecule has 0 aliphatic carbocycles. The van der Waals surface area contributed by atoms with Crippen molar-refractivity contribution < 1.29 is 14.6 Å². The standard InChI is InChI=1S/C20H16Br2N4O3S/c1-2-23-20-26(24-8-12-5-13(21)7-14(22)19(12)28)16(10-30-20)11-3-4-17-15(6-11)25-18(27)9-29-17/h3-8,10,28H,2,9H2,1H3,(H,25,27). The number of aromatic nitrogens is 1. The first-order valence-electron chi connectivity index (χ1n) is 8.96. The number of anilines is 1. The van der Waals surface area contributed by atoms with Crippen LogP contribution in [0, 0.1) is 0 Å². The first kappa shape index (κ1) is 20.8. The number of rotatable bonds is 4. The van der Waals surface area contributed by atoms with Gasteiger partial charge in [-0.2, -0.15) is 5.10 Å². The summed E-state index contributed by atoms with van der Waals surface area (Å²) in [5.74, 6) is 0.543. The lowest BCUT2D eigenvalue weighted by Gasteiger charge is -2.18. The molecule has 3 aromatic rings. The van der Waals surface area contributed by atoms with Gasteiger partial charge in [-0.1, -0.05) is 15.9 Å². The highest BCUT2D eigenvalue weighted by Crippen LogP contribution is 2.33. The molecule has 0 spiro atoms. The summed E-state index contributed by atoms with van der Waals surface area (Å²) in [4.78, 5) is 16.9. The normalized spacial score (nSPS) is 14.0. The minimum atomic E-state index is -0.187. The van der Waals surface area contributed by atoms with Gasteiger partial charge in [0.05, 0.1) is 22.1 Å². The number of fused-ring (bicyclic) bond motifs is 1. The molecule has 0 atom stereocenters. The van der Waals surface area contributed by atoms with Crippen LogP contribution in [0.2, 0.25) is 0 Å². The Morgan fingerprint density at radius 2 is 2.17 bits per heavy atom. The number of halogens is 2. The highest BCUT2D eigenvalue weighted by molar-refractivity contribution is 9.11. The number of hydrogen-bond acceptors (Lipinski definition) is 6. The molecule has 2 heterocycles. The molecule has 4 rings (SSSR count). The van der Waals surface area contributed by atoms with E-state index in [2.05, 4.69) is 47.3 Å². The molecule has 7 nitrogen and oxygen atoms in total. The van der Waals surface area contributed by atoms with Crippen molar-refractivity contribution in [3.05, 3.63) is 55.0 Å². The Morgan fingerprint density at radius 3 is 2.97 bits per heavy atom. The average Bonchev–Trinajstić information content (AvgIpc) is 3.11. The van der Waals surface area contributed by atoms with Crippen LogP contribution in [0.25, 0.3) is 11.3 Å². The molecular formula is C20H16Br2N4O3S. The van der Waals surface area contributed by atoms with E-state index in [1.165, 1.54) is 11.3 Å². The van der Waals surface area contributed by atoms with E-state index < -0.39 is 0 Å². The lowest BCUT2D eigenvalue weighted by Crippen LogP contribution is -2.25. The van der Waals surface area contributed by atoms with Gasteiger partial charge in [-0.15, -0.1) is 11.3 Å². The zero-order valence-electron chi connectivity index (χ0n) is 15.7. The molecule has 154 valence electrons. The molecule has 2 aromatic carbocycles. The second-order valence-electron chi connectivity index (χ2n) is 6.31. The maximum atomic E-state index is 11.7. The van der Waals surface area contributed by atoms with Crippen molar-refractivity contribution >= 4 is 61.0 Å². The summed E-state index contributed by atoms with van der Waals surface area (Å²) in [5, 5.41) is 19.7. The molecule has 1 aromatic heterocycles. The molecule has 1 amide bonds. The Balaban J connectivity index is 1.80. The molecule has 0 bridgehead atoms. The van der Waals surface area contributed by atoms with Crippen LogP contribution in [0.4, 0.5) is 5.69 Å². The first-order valence-corrected chi connectivity index (χ1v) is 11.4. The van der Waals surface area contributed by atoms with Crippen molar-refractivity contribution in [2.75, 3.05) is 18.5 Å². The van der Waals surface area contributed by atoms with Crippen LogP contribution in [0.5, 0.6) is 11.5 Å². The number of nitrogens with one attached hydrogen (secondary N) is 1. The molecule has 1 aliphatic rings. The molecule has 0 unspecified atom stereocenters. The molecular weight excluding hydrogens is 536 g/mol. The third kappa shape index (κ3) is 4.21. The van der Waals surface area contributed by atoms with Crippen LogP contribution in [0.1, 0.15) is 12.5 Å². The Bertz CT molecular complexity index is 1230. The maximum Gasteiger partial charge on any atom is 0.262 e. The van der Waals surface area contributed by atoms with E-state index in [0.29, 0.717) is 28.0 Å². The zero-order valence-corrected chi connectivity index (χ0v) is 19.7. The fraction of sp³-hybridized carbons (Fsp3) is 0.150. The summed E-state index contributed by atoms with van der Waals surface area (Å²) < 4.78 is 8.54. The van der Waals surface area contributed by atoms with Crippen LogP contribution in [-0.2, 0) is 4.79 Å². The number of phenolic OH excluding ortho intramolecular Hbond substituents is 1. The molecule has 0 radical (unpaired) electrons. The topological polar surface area (TPSA) is 88.2 Å². The summed E-state index contributed by atoms with van der Waals surface area (Å²) in [6.07, 6.45) is 1.58. The predicted octanol–water partition coefficient (Wildman–Crippen LogP) is 4.58. The van der Waals surface area contributed by atoms with Crippen LogP contribution in [0.3, 0.4) is 0 Å². The molecule has 10 heteroatoms. The van der Waals surface area contributed by atoms with Crippen molar-refractivity contribution in [1.29, 1.82) is 0 Å². The highest BCUT2D eigenvalue weighted by Gasteiger charge is 2.18. The van der Waals surface area contributed by atoms with Gasteiger partial charge in [0, 0.05) is 27.5 Å². The van der Waals surface area contributed by atoms with Gasteiger partial charge in [0.1, 0.15) is 11.5 Å². The third-order valence-corrected chi connectivity index (χ3v) is 6.17. The van der Waals surface area contributed by atoms with E-state index in [4.69, 9.17) is 4.74 Å². The summed E-state index contributed by atoms with van der Waals surface area (Å²) in [5.41, 5.74) is 2.83. The van der Waals surface area contributed by atoms with E-state index in [1.807, 2.05) is 30.5 Å². The predicted molar refractivity (Wildman–Crippen MR) is 124 cm³/mol. The Kier molecular flexibility index (Phi) is 6.07. The Labute approximate surface area is 193 Å². The van der Waals surface area contributed by atoms with Crippen molar-refractivity contribution in [2.24, 2.45) is 10.1 Å². The van der Waals surface area contributed by atoms with Gasteiger partial charge in [-0.25, -0.2) is 4.68 Å². The lowest BCUT2D eigenvalue weighted by atomic mass is 10.1. The Hall–Kier alpha value is -2.43. The van der Waals surface area contributed by atoms with Crippen LogP contribution >= 0.6 is 43.2 Å². The summed E-state index contributed by atoms with van der Waals surface area (Å²) in [6, 6.07) is 9.12. The summed E-state index contributed by atoms with van der Waals surface area (Å²) in [6.45, 7) is 2.58. The van der Waals surface area contributed by atoms with Crippen molar-refractivity contribution in [3.63, 3.8) is 0 Å². The van der Waals surface area contributed by atoms with Gasteiger partial charge in [-0.05, 0) is 53.2 Å². The van der Waals surface area contributed by atoms with Gasteiger partial charge in [0.15, 0.2) is 6.61 Å². The quantitative estimate of drug-likeness (QED) is 0.465. The van der Waals surface area contributed by atoms with E-state index in [9.17, 15) is 9.90 Å². The minimum Gasteiger partial charge on any atom is -0.506 e. The molecule has 0 fully saturated rings. The largest absolute Gasteiger partial charge is 0.506 e. The zero-order chi connectivity index (χ0) is 21.3. The maximum absolute atomic E-state index is 11.7. The van der Waals surface area contributed by atoms with Crippen molar-refractivity contribution in [2.45, 2.75) is 6.92 Å². The number of hydrogen-bond donors (Lipinski definition) is 2. The monoisotopic (exact) mass is 550 g/mol. The number of nitrogens with zero attached hydrogens (tertiary/aromatic N) is 3. The number of ether oxygens (including phenoxy) is 1. The van der Waals surface area contributed by atoms with Crippen molar-refractivity contribution in [3.8, 4) is 22.8 Å². The number of amides is 1. The van der Waals surface area contributed by atoms with Crippen LogP contribution < -0.4 is 14.9 Å². The van der Waals surface area contributed by atoms with Crippen molar-refractivity contribution in [1.82, 2.24) is 4.68 Å². The SMILES string of the molecule is CCN=c1scc(-c2ccc3c(c2)NC(=O)CO3)n1N=Cc1cc(Br)cc(Br)c1O. The summed E-state index contributed by atoms with van der Waals surface area (Å²) >= 11 is 8.22. The number of benzene rings is 2. The second-order valence-corrected chi connectivity index (χ2v) is 8.91. The molecule has 0 saturated heterocycles. The van der Waals surface area contributed by atoms with E-state index in [-0.39, 0.29) is 18.3 Å². The van der Waals surface area contributed by atoms with E-state index in [0.717, 1.165) is 20.5 Å². The summed E-state index contributed by atoms with van der Waals surface area (Å²) in [7, 11) is 0. The van der Waals surface area contributed by atoms with Crippen LogP contribution in [0.15, 0.2) is 54.8 Å². The number of carbonyl (C=O) groups is 1. The number of carbonyl (C=O) groups excluding carboxylic acids is 1. The van der Waals surface area contributed by atoms with Gasteiger partial charge in [0.2, 0.25) is 4.80 Å². The molecule has 30 heavy (non-hydrogen) atoms. The first-order chi connectivity index (χ1) is 14.5. The smallest absolute Gasteiger partial charge is 0.262 e. The second kappa shape index (κ2) is 8.75. The minimum absolute atomic E-state index is 0.0142. The van der Waals surface area contributed by atoms with Gasteiger partial charge in [0.25, 0.3) is 5.91 Å². The molecule has 1 aliphatic heterocycles. The fourth-order valence-corrected chi connectivity index (χ4v) is 5.06. The average molecular weight is 552 g/mol. The molecule has 2 N–H and O–H groups in total. The number of aromatic hydroxyl groups is 1. The lowest BCUT2D eigenvalue weighted by molar-refractivity contribution is -0.118. The van der Waals surface area contributed by atoms with E-state index >= 15 is 0 Å². The van der Waals surface area contributed by atoms with E-state index in [1.54, 1.807) is 23.0 Å².